The SMILES string of the molecule is CC(=O)[C@@H]1[C@H](C(=O)c2ccccc2)[C@@H]1[C@@H]1COC(C)(C)N1C(=O)OC(C)(C)C. The van der Waals surface area contributed by atoms with Crippen molar-refractivity contribution < 1.29 is 23.9 Å². The molecule has 28 heavy (non-hydrogen) atoms. The molecule has 0 N–H and O–H groups in total. The van der Waals surface area contributed by atoms with Gasteiger partial charge in [-0.2, -0.15) is 0 Å². The van der Waals surface area contributed by atoms with E-state index in [1.165, 1.54) is 6.92 Å². The van der Waals surface area contributed by atoms with Gasteiger partial charge in [-0.3, -0.25) is 14.5 Å². The zero-order valence-electron chi connectivity index (χ0n) is 17.4. The molecule has 2 fully saturated rings. The molecule has 1 saturated carbocycles. The maximum Gasteiger partial charge on any atom is 0.412 e. The van der Waals surface area contributed by atoms with Crippen molar-refractivity contribution in [1.82, 2.24) is 4.90 Å². The number of carbonyl (C=O) groups excluding carboxylic acids is 3. The van der Waals surface area contributed by atoms with Gasteiger partial charge in [-0.1, -0.05) is 30.3 Å². The van der Waals surface area contributed by atoms with Crippen LogP contribution in [0.1, 0.15) is 51.9 Å². The highest BCUT2D eigenvalue weighted by molar-refractivity contribution is 6.04. The average Bonchev–Trinajstić information content (AvgIpc) is 3.24. The van der Waals surface area contributed by atoms with Crippen LogP contribution in [0.5, 0.6) is 0 Å². The van der Waals surface area contributed by atoms with Gasteiger partial charge in [0, 0.05) is 23.3 Å². The zero-order valence-corrected chi connectivity index (χ0v) is 17.4. The van der Waals surface area contributed by atoms with E-state index < -0.39 is 29.3 Å². The van der Waals surface area contributed by atoms with E-state index in [1.807, 2.05) is 18.2 Å². The molecule has 0 spiro atoms. The summed E-state index contributed by atoms with van der Waals surface area (Å²) in [4.78, 5) is 39.7. The lowest BCUT2D eigenvalue weighted by Crippen LogP contribution is -2.51. The summed E-state index contributed by atoms with van der Waals surface area (Å²) < 4.78 is 11.4. The third-order valence-corrected chi connectivity index (χ3v) is 5.46. The average molecular weight is 387 g/mol. The van der Waals surface area contributed by atoms with Gasteiger partial charge in [-0.05, 0) is 41.5 Å². The molecule has 0 unspecified atom stereocenters. The molecule has 152 valence electrons. The van der Waals surface area contributed by atoms with Crippen LogP contribution in [0.2, 0.25) is 0 Å². The van der Waals surface area contributed by atoms with Crippen molar-refractivity contribution in [3.8, 4) is 0 Å². The van der Waals surface area contributed by atoms with Crippen LogP contribution >= 0.6 is 0 Å². The molecule has 1 heterocycles. The van der Waals surface area contributed by atoms with Gasteiger partial charge >= 0.3 is 6.09 Å². The Balaban J connectivity index is 1.88. The molecular weight excluding hydrogens is 358 g/mol. The zero-order chi connectivity index (χ0) is 20.9. The number of Topliss-reactive ketones (excluding diaryl/α,β-unsaturated/α-hetero) is 2. The minimum atomic E-state index is -0.864. The second kappa shape index (κ2) is 6.99. The molecular formula is C22H29NO5. The molecule has 1 amide bonds. The number of nitrogens with zero attached hydrogens (tertiary/aromatic N) is 1. The molecule has 6 heteroatoms. The van der Waals surface area contributed by atoms with E-state index in [0.717, 1.165) is 0 Å². The van der Waals surface area contributed by atoms with Crippen molar-refractivity contribution in [3.63, 3.8) is 0 Å². The second-order valence-corrected chi connectivity index (χ2v) is 9.15. The van der Waals surface area contributed by atoms with Crippen LogP contribution in [0, 0.1) is 17.8 Å². The smallest absolute Gasteiger partial charge is 0.412 e. The van der Waals surface area contributed by atoms with Crippen LogP contribution in [0.15, 0.2) is 30.3 Å². The fourth-order valence-corrected chi connectivity index (χ4v) is 4.25. The molecule has 1 aromatic carbocycles. The number of ether oxygens (including phenoxy) is 2. The molecule has 1 aliphatic heterocycles. The molecule has 0 aromatic heterocycles. The Kier molecular flexibility index (Phi) is 5.13. The Morgan fingerprint density at radius 3 is 2.25 bits per heavy atom. The number of rotatable bonds is 4. The van der Waals surface area contributed by atoms with Crippen molar-refractivity contribution in [1.29, 1.82) is 0 Å². The van der Waals surface area contributed by atoms with E-state index in [4.69, 9.17) is 9.47 Å². The Labute approximate surface area is 166 Å². The number of benzene rings is 1. The summed E-state index contributed by atoms with van der Waals surface area (Å²) in [6, 6.07) is 8.60. The third kappa shape index (κ3) is 3.83. The minimum Gasteiger partial charge on any atom is -0.444 e. The normalized spacial score (nSPS) is 28.7. The first-order chi connectivity index (χ1) is 12.9. The van der Waals surface area contributed by atoms with Gasteiger partial charge in [0.1, 0.15) is 17.1 Å². The molecule has 4 atom stereocenters. The molecule has 3 rings (SSSR count). The van der Waals surface area contributed by atoms with Gasteiger partial charge in [0.25, 0.3) is 0 Å². The van der Waals surface area contributed by atoms with Gasteiger partial charge in [0.2, 0.25) is 0 Å². The highest BCUT2D eigenvalue weighted by Crippen LogP contribution is 2.54. The topological polar surface area (TPSA) is 72.9 Å². The Morgan fingerprint density at radius 2 is 1.71 bits per heavy atom. The largest absolute Gasteiger partial charge is 0.444 e. The summed E-state index contributed by atoms with van der Waals surface area (Å²) in [5, 5.41) is 0. The predicted molar refractivity (Wildman–Crippen MR) is 104 cm³/mol. The van der Waals surface area contributed by atoms with Gasteiger partial charge in [0.05, 0.1) is 12.6 Å². The molecule has 1 aromatic rings. The van der Waals surface area contributed by atoms with E-state index in [-0.39, 0.29) is 30.1 Å². The summed E-state index contributed by atoms with van der Waals surface area (Å²) in [5.74, 6) is -1.19. The van der Waals surface area contributed by atoms with Gasteiger partial charge in [-0.25, -0.2) is 4.79 Å². The Morgan fingerprint density at radius 1 is 1.11 bits per heavy atom. The van der Waals surface area contributed by atoms with Crippen molar-refractivity contribution in [3.05, 3.63) is 35.9 Å². The Bertz CT molecular complexity index is 780. The minimum absolute atomic E-state index is 0.0341. The number of amides is 1. The lowest BCUT2D eigenvalue weighted by atomic mass is 10.0. The van der Waals surface area contributed by atoms with Crippen LogP contribution < -0.4 is 0 Å². The van der Waals surface area contributed by atoms with Gasteiger partial charge in [-0.15, -0.1) is 0 Å². The summed E-state index contributed by atoms with van der Waals surface area (Å²) in [6.07, 6.45) is -0.486. The van der Waals surface area contributed by atoms with Crippen LogP contribution in [0.4, 0.5) is 4.79 Å². The van der Waals surface area contributed by atoms with Gasteiger partial charge < -0.3 is 9.47 Å². The number of carbonyl (C=O) groups is 3. The van der Waals surface area contributed by atoms with Gasteiger partial charge in [0.15, 0.2) is 5.78 Å². The van der Waals surface area contributed by atoms with Crippen molar-refractivity contribution in [2.75, 3.05) is 6.61 Å². The van der Waals surface area contributed by atoms with E-state index in [0.29, 0.717) is 5.56 Å². The molecule has 1 saturated heterocycles. The Hall–Kier alpha value is -2.21. The quantitative estimate of drug-likeness (QED) is 0.737. The maximum absolute atomic E-state index is 13.0. The van der Waals surface area contributed by atoms with E-state index in [9.17, 15) is 14.4 Å². The van der Waals surface area contributed by atoms with Crippen LogP contribution in [0.3, 0.4) is 0 Å². The first-order valence-electron chi connectivity index (χ1n) is 9.70. The monoisotopic (exact) mass is 387 g/mol. The molecule has 2 aliphatic rings. The second-order valence-electron chi connectivity index (χ2n) is 9.15. The van der Waals surface area contributed by atoms with E-state index in [2.05, 4.69) is 0 Å². The molecule has 6 nitrogen and oxygen atoms in total. The van der Waals surface area contributed by atoms with Crippen molar-refractivity contribution in [2.45, 2.75) is 58.9 Å². The fraction of sp³-hybridized carbons (Fsp3) is 0.591. The lowest BCUT2D eigenvalue weighted by molar-refractivity contribution is -0.118. The summed E-state index contributed by atoms with van der Waals surface area (Å²) >= 11 is 0. The summed E-state index contributed by atoms with van der Waals surface area (Å²) in [5.41, 5.74) is -0.927. The first kappa shape index (κ1) is 20.5. The van der Waals surface area contributed by atoms with E-state index >= 15 is 0 Å². The molecule has 0 bridgehead atoms. The predicted octanol–water partition coefficient (Wildman–Crippen LogP) is 3.69. The maximum atomic E-state index is 13.0. The number of hydrogen-bond donors (Lipinski definition) is 0. The van der Waals surface area contributed by atoms with Crippen molar-refractivity contribution >= 4 is 17.7 Å². The van der Waals surface area contributed by atoms with Crippen LogP contribution in [0.25, 0.3) is 0 Å². The third-order valence-electron chi connectivity index (χ3n) is 5.46. The summed E-state index contributed by atoms with van der Waals surface area (Å²) in [7, 11) is 0. The number of ketones is 2. The lowest BCUT2D eigenvalue weighted by Gasteiger charge is -2.35. The number of hydrogen-bond acceptors (Lipinski definition) is 5. The van der Waals surface area contributed by atoms with E-state index in [1.54, 1.807) is 51.7 Å². The highest BCUT2D eigenvalue weighted by atomic mass is 16.6. The molecule has 1 aliphatic carbocycles. The summed E-state index contributed by atoms with van der Waals surface area (Å²) in [6.45, 7) is 10.8. The van der Waals surface area contributed by atoms with Crippen molar-refractivity contribution in [2.24, 2.45) is 17.8 Å². The fourth-order valence-electron chi connectivity index (χ4n) is 4.25. The van der Waals surface area contributed by atoms with Crippen LogP contribution in [-0.2, 0) is 14.3 Å². The molecule has 0 radical (unpaired) electrons. The standard InChI is InChI=1S/C22H29NO5/c1-13(24)16-17(18(16)19(25)14-10-8-7-9-11-14)15-12-27-22(5,6)23(15)20(26)28-21(2,3)4/h7-11,15-18H,12H2,1-6H3/t15-,16-,17+,18-/m0/s1. The van der Waals surface area contributed by atoms with Crippen LogP contribution in [-0.4, -0.2) is 46.5 Å². The highest BCUT2D eigenvalue weighted by Gasteiger charge is 2.65. The first-order valence-corrected chi connectivity index (χ1v) is 9.70.